The van der Waals surface area contributed by atoms with E-state index in [1.165, 1.54) is 0 Å². The number of nitrogens with one attached hydrogen (secondary N) is 2. The third-order valence-electron chi connectivity index (χ3n) is 3.10. The standard InChI is InChI=1S/C11H19F3N2O.ClH/c1-15-6-5-10(17)16-9-4-2-3-8(7-9)11(12,13)14;/h8-9,15H,2-7H2,1H3,(H,16,17);1H. The highest BCUT2D eigenvalue weighted by atomic mass is 35.5. The van der Waals surface area contributed by atoms with Gasteiger partial charge in [0.2, 0.25) is 5.91 Å². The molecule has 0 radical (unpaired) electrons. The van der Waals surface area contributed by atoms with Gasteiger partial charge < -0.3 is 10.6 Å². The quantitative estimate of drug-likeness (QED) is 0.833. The second-order valence-corrected chi connectivity index (χ2v) is 4.52. The molecule has 2 N–H and O–H groups in total. The Kier molecular flexibility index (Phi) is 7.62. The highest BCUT2D eigenvalue weighted by molar-refractivity contribution is 5.85. The van der Waals surface area contributed by atoms with Crippen molar-refractivity contribution in [1.82, 2.24) is 10.6 Å². The molecule has 1 aliphatic carbocycles. The summed E-state index contributed by atoms with van der Waals surface area (Å²) < 4.78 is 37.6. The molecule has 7 heteroatoms. The number of carbonyl (C=O) groups excluding carboxylic acids is 1. The van der Waals surface area contributed by atoms with E-state index in [4.69, 9.17) is 0 Å². The van der Waals surface area contributed by atoms with Gasteiger partial charge in [0.1, 0.15) is 0 Å². The molecule has 0 aliphatic heterocycles. The van der Waals surface area contributed by atoms with Gasteiger partial charge >= 0.3 is 6.18 Å². The number of halogens is 4. The van der Waals surface area contributed by atoms with Crippen LogP contribution >= 0.6 is 12.4 Å². The first-order chi connectivity index (χ1) is 7.93. The molecule has 1 fully saturated rings. The molecule has 0 bridgehead atoms. The summed E-state index contributed by atoms with van der Waals surface area (Å²) >= 11 is 0. The van der Waals surface area contributed by atoms with Crippen LogP contribution in [0.15, 0.2) is 0 Å². The number of rotatable bonds is 4. The van der Waals surface area contributed by atoms with Crippen LogP contribution in [0.5, 0.6) is 0 Å². The van der Waals surface area contributed by atoms with Crippen molar-refractivity contribution in [3.63, 3.8) is 0 Å². The second-order valence-electron chi connectivity index (χ2n) is 4.52. The largest absolute Gasteiger partial charge is 0.391 e. The Hall–Kier alpha value is -0.490. The van der Waals surface area contributed by atoms with Crippen molar-refractivity contribution in [2.24, 2.45) is 5.92 Å². The number of hydrogen-bond donors (Lipinski definition) is 2. The summed E-state index contributed by atoms with van der Waals surface area (Å²) in [4.78, 5) is 11.4. The molecule has 1 aliphatic rings. The van der Waals surface area contributed by atoms with Crippen LogP contribution in [-0.2, 0) is 4.79 Å². The molecule has 0 aromatic carbocycles. The summed E-state index contributed by atoms with van der Waals surface area (Å²) in [6.45, 7) is 0.543. The highest BCUT2D eigenvalue weighted by Crippen LogP contribution is 2.37. The van der Waals surface area contributed by atoms with Crippen LogP contribution in [0.25, 0.3) is 0 Å². The Bertz CT molecular complexity index is 261. The van der Waals surface area contributed by atoms with E-state index in [9.17, 15) is 18.0 Å². The van der Waals surface area contributed by atoms with Crippen molar-refractivity contribution in [2.45, 2.75) is 44.3 Å². The van der Waals surface area contributed by atoms with Crippen LogP contribution in [0.4, 0.5) is 13.2 Å². The molecule has 0 aromatic heterocycles. The van der Waals surface area contributed by atoms with E-state index >= 15 is 0 Å². The minimum absolute atomic E-state index is 0. The van der Waals surface area contributed by atoms with Gasteiger partial charge in [-0.2, -0.15) is 13.2 Å². The summed E-state index contributed by atoms with van der Waals surface area (Å²) in [5.74, 6) is -1.43. The summed E-state index contributed by atoms with van der Waals surface area (Å²) in [6.07, 6.45) is -2.43. The van der Waals surface area contributed by atoms with Crippen LogP contribution < -0.4 is 10.6 Å². The fraction of sp³-hybridized carbons (Fsp3) is 0.909. The van der Waals surface area contributed by atoms with Gasteiger partial charge in [-0.15, -0.1) is 12.4 Å². The Morgan fingerprint density at radius 2 is 2.00 bits per heavy atom. The maximum Gasteiger partial charge on any atom is 0.391 e. The molecule has 2 atom stereocenters. The van der Waals surface area contributed by atoms with Crippen molar-refractivity contribution in [1.29, 1.82) is 0 Å². The van der Waals surface area contributed by atoms with Gasteiger partial charge in [0.05, 0.1) is 5.92 Å². The van der Waals surface area contributed by atoms with Crippen LogP contribution in [0.2, 0.25) is 0 Å². The minimum Gasteiger partial charge on any atom is -0.353 e. The number of hydrogen-bond acceptors (Lipinski definition) is 2. The van der Waals surface area contributed by atoms with Gasteiger partial charge in [-0.1, -0.05) is 6.42 Å². The smallest absolute Gasteiger partial charge is 0.353 e. The summed E-state index contributed by atoms with van der Waals surface area (Å²) in [5, 5.41) is 5.50. The zero-order chi connectivity index (χ0) is 12.9. The first-order valence-corrected chi connectivity index (χ1v) is 5.94. The van der Waals surface area contributed by atoms with E-state index in [1.807, 2.05) is 0 Å². The Balaban J connectivity index is 0.00000289. The number of carbonyl (C=O) groups is 1. The highest BCUT2D eigenvalue weighted by Gasteiger charge is 2.42. The summed E-state index contributed by atoms with van der Waals surface area (Å²) in [6, 6.07) is -0.320. The molecule has 0 saturated heterocycles. The van der Waals surface area contributed by atoms with Crippen LogP contribution in [-0.4, -0.2) is 31.7 Å². The van der Waals surface area contributed by atoms with Gasteiger partial charge in [0, 0.05) is 19.0 Å². The first kappa shape index (κ1) is 17.5. The molecule has 0 aromatic rings. The van der Waals surface area contributed by atoms with Crippen LogP contribution in [0.3, 0.4) is 0 Å². The molecule has 1 rings (SSSR count). The fourth-order valence-corrected chi connectivity index (χ4v) is 2.16. The molecule has 18 heavy (non-hydrogen) atoms. The van der Waals surface area contributed by atoms with Gasteiger partial charge in [-0.25, -0.2) is 0 Å². The zero-order valence-electron chi connectivity index (χ0n) is 10.3. The third kappa shape index (κ3) is 5.91. The Labute approximate surface area is 111 Å². The SMILES string of the molecule is CNCCC(=O)NC1CCCC(C(F)(F)F)C1.Cl. The monoisotopic (exact) mass is 288 g/mol. The molecule has 1 saturated carbocycles. The van der Waals surface area contributed by atoms with Crippen molar-refractivity contribution in [2.75, 3.05) is 13.6 Å². The first-order valence-electron chi connectivity index (χ1n) is 5.94. The van der Waals surface area contributed by atoms with Crippen molar-refractivity contribution in [3.8, 4) is 0 Å². The van der Waals surface area contributed by atoms with E-state index in [2.05, 4.69) is 10.6 Å². The van der Waals surface area contributed by atoms with E-state index in [1.54, 1.807) is 7.05 Å². The van der Waals surface area contributed by atoms with Crippen LogP contribution in [0.1, 0.15) is 32.1 Å². The van der Waals surface area contributed by atoms with Crippen molar-refractivity contribution in [3.05, 3.63) is 0 Å². The van der Waals surface area contributed by atoms with Gasteiger partial charge in [0.25, 0.3) is 0 Å². The van der Waals surface area contributed by atoms with Gasteiger partial charge in [0.15, 0.2) is 0 Å². The van der Waals surface area contributed by atoms with E-state index in [0.29, 0.717) is 25.8 Å². The minimum atomic E-state index is -4.13. The van der Waals surface area contributed by atoms with Gasteiger partial charge in [-0.05, 0) is 26.3 Å². The predicted molar refractivity (Wildman–Crippen MR) is 65.7 cm³/mol. The summed E-state index contributed by atoms with van der Waals surface area (Å²) in [5.41, 5.74) is 0. The van der Waals surface area contributed by atoms with Gasteiger partial charge in [-0.3, -0.25) is 4.79 Å². The lowest BCUT2D eigenvalue weighted by Gasteiger charge is -2.31. The molecule has 0 heterocycles. The number of amides is 1. The summed E-state index contributed by atoms with van der Waals surface area (Å²) in [7, 11) is 1.73. The molecule has 3 nitrogen and oxygen atoms in total. The Morgan fingerprint density at radius 3 is 2.56 bits per heavy atom. The van der Waals surface area contributed by atoms with E-state index in [0.717, 1.165) is 0 Å². The fourth-order valence-electron chi connectivity index (χ4n) is 2.16. The maximum absolute atomic E-state index is 12.5. The van der Waals surface area contributed by atoms with Crippen LogP contribution in [0, 0.1) is 5.92 Å². The third-order valence-corrected chi connectivity index (χ3v) is 3.10. The lowest BCUT2D eigenvalue weighted by molar-refractivity contribution is -0.184. The molecule has 1 amide bonds. The lowest BCUT2D eigenvalue weighted by atomic mass is 9.85. The average Bonchev–Trinajstić information content (AvgIpc) is 2.25. The molecular formula is C11H20ClF3N2O. The maximum atomic E-state index is 12.5. The molecule has 2 unspecified atom stereocenters. The van der Waals surface area contributed by atoms with E-state index < -0.39 is 12.1 Å². The topological polar surface area (TPSA) is 41.1 Å². The number of alkyl halides is 3. The van der Waals surface area contributed by atoms with Crippen molar-refractivity contribution < 1.29 is 18.0 Å². The van der Waals surface area contributed by atoms with E-state index in [-0.39, 0.29) is 37.2 Å². The van der Waals surface area contributed by atoms with Crippen molar-refractivity contribution >= 4 is 18.3 Å². The molecule has 108 valence electrons. The zero-order valence-corrected chi connectivity index (χ0v) is 11.2. The Morgan fingerprint density at radius 1 is 1.33 bits per heavy atom. The molecular weight excluding hydrogens is 269 g/mol. The second kappa shape index (κ2) is 7.84. The normalized spacial score (nSPS) is 24.2. The molecule has 0 spiro atoms. The average molecular weight is 289 g/mol. The lowest BCUT2D eigenvalue weighted by Crippen LogP contribution is -2.42. The predicted octanol–water partition coefficient (Wildman–Crippen LogP) is 2.26.